The highest BCUT2D eigenvalue weighted by molar-refractivity contribution is 7.90. The van der Waals surface area contributed by atoms with Crippen LogP contribution in [0.15, 0.2) is 0 Å². The Kier molecular flexibility index (Phi) is 2.39. The Hall–Kier alpha value is -0.130. The molecule has 0 aliphatic heterocycles. The largest absolute Gasteiger partial charge is 0.258 e. The monoisotopic (exact) mass is 138 g/mol. The fourth-order valence-electron chi connectivity index (χ4n) is 0.136. The second kappa shape index (κ2) is 2.43. The molecule has 0 bridgehead atoms. The van der Waals surface area contributed by atoms with Crippen molar-refractivity contribution in [3.63, 3.8) is 0 Å². The van der Waals surface area contributed by atoms with Crippen molar-refractivity contribution in [3.8, 4) is 0 Å². The molecule has 3 N–H and O–H groups in total. The molecule has 0 aromatic heterocycles. The standard InChI is InChI=1S/C3H10N2O2S/c1-3(2)8(6,7)5-4/h3,5H,4H2,1-2H3. The van der Waals surface area contributed by atoms with E-state index >= 15 is 0 Å². The summed E-state index contributed by atoms with van der Waals surface area (Å²) in [5.41, 5.74) is 0. The molecule has 0 heterocycles. The van der Waals surface area contributed by atoms with Gasteiger partial charge in [0.2, 0.25) is 10.0 Å². The maximum Gasteiger partial charge on any atom is 0.226 e. The first-order valence-electron chi connectivity index (χ1n) is 2.22. The molecule has 0 saturated carbocycles. The van der Waals surface area contributed by atoms with Gasteiger partial charge in [0, 0.05) is 0 Å². The van der Waals surface area contributed by atoms with Gasteiger partial charge in [-0.3, -0.25) is 5.84 Å². The Labute approximate surface area is 49.1 Å². The van der Waals surface area contributed by atoms with Crippen LogP contribution in [0.1, 0.15) is 13.8 Å². The lowest BCUT2D eigenvalue weighted by Gasteiger charge is -2.02. The summed E-state index contributed by atoms with van der Waals surface area (Å²) in [6, 6.07) is 0. The molecule has 0 rings (SSSR count). The van der Waals surface area contributed by atoms with Gasteiger partial charge in [0.1, 0.15) is 0 Å². The Bertz CT molecular complexity index is 149. The Morgan fingerprint density at radius 1 is 1.50 bits per heavy atom. The van der Waals surface area contributed by atoms with E-state index in [0.717, 1.165) is 0 Å². The number of hydrazine groups is 1. The first kappa shape index (κ1) is 7.87. The molecule has 5 heteroatoms. The van der Waals surface area contributed by atoms with Crippen LogP contribution < -0.4 is 10.7 Å². The second-order valence-electron chi connectivity index (χ2n) is 1.71. The lowest BCUT2D eigenvalue weighted by Crippen LogP contribution is -2.35. The van der Waals surface area contributed by atoms with Gasteiger partial charge < -0.3 is 0 Å². The molecule has 0 atom stereocenters. The van der Waals surface area contributed by atoms with Crippen molar-refractivity contribution >= 4 is 10.0 Å². The van der Waals surface area contributed by atoms with E-state index < -0.39 is 15.3 Å². The van der Waals surface area contributed by atoms with Gasteiger partial charge in [-0.25, -0.2) is 8.42 Å². The lowest BCUT2D eigenvalue weighted by molar-refractivity contribution is 0.575. The van der Waals surface area contributed by atoms with Gasteiger partial charge in [-0.05, 0) is 13.8 Å². The molecular weight excluding hydrogens is 128 g/mol. The summed E-state index contributed by atoms with van der Waals surface area (Å²) < 4.78 is 20.9. The minimum absolute atomic E-state index is 0.451. The van der Waals surface area contributed by atoms with Gasteiger partial charge in [0.25, 0.3) is 0 Å². The highest BCUT2D eigenvalue weighted by Gasteiger charge is 2.11. The quantitative estimate of drug-likeness (QED) is 0.387. The molecule has 0 fully saturated rings. The topological polar surface area (TPSA) is 72.2 Å². The molecule has 0 aliphatic carbocycles. The molecule has 0 aromatic carbocycles. The fourth-order valence-corrected chi connectivity index (χ4v) is 0.408. The predicted octanol–water partition coefficient (Wildman–Crippen LogP) is -0.812. The van der Waals surface area contributed by atoms with Gasteiger partial charge in [0.15, 0.2) is 0 Å². The van der Waals surface area contributed by atoms with Gasteiger partial charge in [-0.1, -0.05) is 0 Å². The molecular formula is C3H10N2O2S. The third-order valence-electron chi connectivity index (χ3n) is 0.785. The van der Waals surface area contributed by atoms with Crippen molar-refractivity contribution in [1.29, 1.82) is 0 Å². The summed E-state index contributed by atoms with van der Waals surface area (Å²) in [6.07, 6.45) is 0. The van der Waals surface area contributed by atoms with Gasteiger partial charge in [-0.2, -0.15) is 4.83 Å². The maximum absolute atomic E-state index is 10.5. The van der Waals surface area contributed by atoms with E-state index in [1.807, 2.05) is 0 Å². The van der Waals surface area contributed by atoms with Gasteiger partial charge in [0.05, 0.1) is 5.25 Å². The second-order valence-corrected chi connectivity index (χ2v) is 3.98. The lowest BCUT2D eigenvalue weighted by atomic mass is 10.6. The van der Waals surface area contributed by atoms with Crippen molar-refractivity contribution in [2.45, 2.75) is 19.1 Å². The van der Waals surface area contributed by atoms with Crippen molar-refractivity contribution in [2.75, 3.05) is 0 Å². The zero-order chi connectivity index (χ0) is 6.78. The summed E-state index contributed by atoms with van der Waals surface area (Å²) in [4.78, 5) is 1.71. The first-order chi connectivity index (χ1) is 3.50. The minimum Gasteiger partial charge on any atom is -0.258 e. The fraction of sp³-hybridized carbons (Fsp3) is 1.00. The molecule has 0 unspecified atom stereocenters. The van der Waals surface area contributed by atoms with Crippen LogP contribution in [0.3, 0.4) is 0 Å². The summed E-state index contributed by atoms with van der Waals surface area (Å²) in [5, 5.41) is -0.451. The van der Waals surface area contributed by atoms with E-state index in [1.165, 1.54) is 0 Å². The van der Waals surface area contributed by atoms with Crippen molar-refractivity contribution in [3.05, 3.63) is 0 Å². The van der Waals surface area contributed by atoms with Crippen molar-refractivity contribution < 1.29 is 8.42 Å². The predicted molar refractivity (Wildman–Crippen MR) is 31.4 cm³/mol. The number of nitrogens with two attached hydrogens (primary N) is 1. The van der Waals surface area contributed by atoms with Crippen LogP contribution in [0, 0.1) is 0 Å². The normalized spacial score (nSPS) is 12.5. The van der Waals surface area contributed by atoms with Crippen LogP contribution >= 0.6 is 0 Å². The SMILES string of the molecule is CC(C)S(=O)(=O)NN. The van der Waals surface area contributed by atoms with Gasteiger partial charge in [-0.15, -0.1) is 0 Å². The molecule has 4 nitrogen and oxygen atoms in total. The summed E-state index contributed by atoms with van der Waals surface area (Å²) in [7, 11) is -3.21. The van der Waals surface area contributed by atoms with Crippen LogP contribution in [0.5, 0.6) is 0 Å². The van der Waals surface area contributed by atoms with Gasteiger partial charge >= 0.3 is 0 Å². The van der Waals surface area contributed by atoms with E-state index in [-0.39, 0.29) is 0 Å². The van der Waals surface area contributed by atoms with Crippen LogP contribution in [0.2, 0.25) is 0 Å². The van der Waals surface area contributed by atoms with E-state index in [4.69, 9.17) is 0 Å². The molecule has 0 radical (unpaired) electrons. The van der Waals surface area contributed by atoms with Crippen LogP contribution in [-0.4, -0.2) is 13.7 Å². The van der Waals surface area contributed by atoms with E-state index in [1.54, 1.807) is 18.7 Å². The zero-order valence-corrected chi connectivity index (χ0v) is 5.70. The number of sulfonamides is 1. The molecule has 0 amide bonds. The zero-order valence-electron chi connectivity index (χ0n) is 4.88. The number of rotatable bonds is 2. The summed E-state index contributed by atoms with van der Waals surface area (Å²) >= 11 is 0. The molecule has 0 spiro atoms. The van der Waals surface area contributed by atoms with E-state index in [2.05, 4.69) is 5.84 Å². The highest BCUT2D eigenvalue weighted by Crippen LogP contribution is 1.91. The van der Waals surface area contributed by atoms with Crippen LogP contribution in [-0.2, 0) is 10.0 Å². The average molecular weight is 138 g/mol. The minimum atomic E-state index is -3.21. The summed E-state index contributed by atoms with van der Waals surface area (Å²) in [6.45, 7) is 3.10. The van der Waals surface area contributed by atoms with Crippen molar-refractivity contribution in [1.82, 2.24) is 4.83 Å². The number of hydrogen-bond acceptors (Lipinski definition) is 3. The third-order valence-corrected chi connectivity index (χ3v) is 2.35. The third kappa shape index (κ3) is 1.77. The number of hydrogen-bond donors (Lipinski definition) is 2. The van der Waals surface area contributed by atoms with E-state index in [0.29, 0.717) is 0 Å². The van der Waals surface area contributed by atoms with Crippen LogP contribution in [0.4, 0.5) is 0 Å². The first-order valence-corrected chi connectivity index (χ1v) is 3.76. The molecule has 0 saturated heterocycles. The molecule has 8 heavy (non-hydrogen) atoms. The average Bonchev–Trinajstić information content (AvgIpc) is 1.67. The number of nitrogens with one attached hydrogen (secondary N) is 1. The Balaban J connectivity index is 4.17. The Morgan fingerprint density at radius 2 is 1.88 bits per heavy atom. The molecule has 0 aromatic rings. The maximum atomic E-state index is 10.5. The van der Waals surface area contributed by atoms with E-state index in [9.17, 15) is 8.42 Å². The smallest absolute Gasteiger partial charge is 0.226 e. The Morgan fingerprint density at radius 3 is 1.88 bits per heavy atom. The van der Waals surface area contributed by atoms with Crippen LogP contribution in [0.25, 0.3) is 0 Å². The summed E-state index contributed by atoms with van der Waals surface area (Å²) in [5.74, 6) is 4.67. The van der Waals surface area contributed by atoms with Crippen molar-refractivity contribution in [2.24, 2.45) is 5.84 Å². The molecule has 50 valence electrons. The molecule has 0 aliphatic rings. The highest BCUT2D eigenvalue weighted by atomic mass is 32.2.